The zero-order valence-corrected chi connectivity index (χ0v) is 63.8. The summed E-state index contributed by atoms with van der Waals surface area (Å²) in [6.45, 7) is 4.64. The summed E-state index contributed by atoms with van der Waals surface area (Å²) in [6, 6.07) is 0. The Hall–Kier alpha value is -5.87. The van der Waals surface area contributed by atoms with E-state index in [2.05, 4.69) is 208 Å². The number of rotatable bonds is 71. The molecule has 0 saturated carbocycles. The number of carbonyl (C=O) groups excluding carboxylic acids is 2. The number of carbonyl (C=O) groups is 3. The van der Waals surface area contributed by atoms with E-state index in [0.29, 0.717) is 17.4 Å². The van der Waals surface area contributed by atoms with Gasteiger partial charge in [0.25, 0.3) is 6.29 Å². The van der Waals surface area contributed by atoms with Gasteiger partial charge in [0.2, 0.25) is 0 Å². The van der Waals surface area contributed by atoms with Gasteiger partial charge in [0, 0.05) is 12.8 Å². The fourth-order valence-electron chi connectivity index (χ4n) is 10.4. The monoisotopic (exact) mass is 1370 g/mol. The molecule has 0 fully saturated rings. The molecule has 2 atom stereocenters. The van der Waals surface area contributed by atoms with Crippen LogP contribution in [-0.2, 0) is 33.3 Å². The smallest absolute Gasteiger partial charge is 0.361 e. The highest BCUT2D eigenvalue weighted by molar-refractivity contribution is 5.71. The molecule has 0 radical (unpaired) electrons. The Bertz CT molecular complexity index is 2340. The van der Waals surface area contributed by atoms with Crippen molar-refractivity contribution in [3.8, 4) is 0 Å². The van der Waals surface area contributed by atoms with Crippen molar-refractivity contribution in [2.45, 2.75) is 309 Å². The molecule has 0 aliphatic rings. The molecule has 0 rings (SSSR count). The van der Waals surface area contributed by atoms with E-state index < -0.39 is 24.3 Å². The number of esters is 2. The molecule has 0 bridgehead atoms. The number of nitrogens with zero attached hydrogens (tertiary/aromatic N) is 1. The summed E-state index contributed by atoms with van der Waals surface area (Å²) in [5.41, 5.74) is 0. The quantitative estimate of drug-likeness (QED) is 0.0211. The van der Waals surface area contributed by atoms with Gasteiger partial charge in [0.1, 0.15) is 13.2 Å². The van der Waals surface area contributed by atoms with E-state index in [0.717, 1.165) is 154 Å². The highest BCUT2D eigenvalue weighted by Gasteiger charge is 2.25. The first-order valence-corrected chi connectivity index (χ1v) is 39.6. The first-order valence-electron chi connectivity index (χ1n) is 39.6. The molecule has 9 nitrogen and oxygen atoms in total. The van der Waals surface area contributed by atoms with Gasteiger partial charge in [-0.05, 0) is 141 Å². The standard InChI is InChI=1S/C90H145NO8/c1-6-8-10-12-14-16-18-20-22-24-26-28-30-32-34-36-38-40-42-43-44-45-47-49-51-53-55-57-59-61-63-65-67-69-71-73-75-77-79-81-88(93)99-86(85-98-90(89(94)95)96-83-82-91(3,4)5)84-97-87(92)80-78-76-74-72-70-68-66-64-62-60-58-56-54-52-50-48-46-41-39-37-35-33-31-29-27-25-23-21-19-17-15-13-11-9-7-2/h8-11,14-17,20-23,26-29,32-35,38-41,43-44,47-50,54,56,86,90H,6-7,12-13,18-19,24-25,30-31,36-37,42,45-46,51-53,55,57-85H2,1-5H3/p+1/b10-8-,11-9-,16-14-,17-15-,22-20-,23-21-,28-26-,29-27-,34-32-,35-33-,40-38-,41-39-,44-43-,49-47-,50-48-,56-54-. The van der Waals surface area contributed by atoms with Crippen molar-refractivity contribution in [2.24, 2.45) is 0 Å². The van der Waals surface area contributed by atoms with Gasteiger partial charge in [-0.15, -0.1) is 0 Å². The second kappa shape index (κ2) is 77.9. The molecule has 0 aliphatic carbocycles. The number of quaternary nitrogens is 1. The van der Waals surface area contributed by atoms with Crippen LogP contribution in [0.2, 0.25) is 0 Å². The Balaban J connectivity index is 4.12. The average molecular weight is 1370 g/mol. The summed E-state index contributed by atoms with van der Waals surface area (Å²) >= 11 is 0. The van der Waals surface area contributed by atoms with Crippen LogP contribution in [0.4, 0.5) is 0 Å². The van der Waals surface area contributed by atoms with Gasteiger partial charge in [0.05, 0.1) is 34.4 Å². The lowest BCUT2D eigenvalue weighted by atomic mass is 10.0. The van der Waals surface area contributed by atoms with Gasteiger partial charge in [-0.1, -0.05) is 337 Å². The predicted molar refractivity (Wildman–Crippen MR) is 428 cm³/mol. The summed E-state index contributed by atoms with van der Waals surface area (Å²) in [7, 11) is 5.97. The molecule has 0 heterocycles. The zero-order valence-electron chi connectivity index (χ0n) is 63.8. The Morgan fingerprint density at radius 1 is 0.303 bits per heavy atom. The SMILES string of the molecule is CC/C=C\C/C=C\C/C=C\C/C=C\C/C=C\C/C=C\C/C=C\C/C=C\CCCCCCCCCCCCCCCCC(=O)OC(COC(=O)CCCCCCCCCCCC/C=C\C/C=C\C/C=C\C/C=C\C/C=C\C/C=C\C/C=C\C/C=C\CC)COC(OCC[N+](C)(C)C)C(=O)O. The van der Waals surface area contributed by atoms with Crippen LogP contribution in [0.1, 0.15) is 296 Å². The maximum atomic E-state index is 13.0. The van der Waals surface area contributed by atoms with E-state index in [9.17, 15) is 19.5 Å². The number of hydrogen-bond donors (Lipinski definition) is 1. The molecule has 0 aromatic heterocycles. The topological polar surface area (TPSA) is 108 Å². The summed E-state index contributed by atoms with van der Waals surface area (Å²) in [5.74, 6) is -2.02. The summed E-state index contributed by atoms with van der Waals surface area (Å²) < 4.78 is 23.0. The maximum absolute atomic E-state index is 13.0. The Labute approximate surface area is 608 Å². The molecule has 0 saturated heterocycles. The van der Waals surface area contributed by atoms with E-state index >= 15 is 0 Å². The number of aliphatic carboxylic acids is 1. The summed E-state index contributed by atoms with van der Waals surface area (Å²) in [5, 5.41) is 9.78. The van der Waals surface area contributed by atoms with E-state index in [4.69, 9.17) is 18.9 Å². The van der Waals surface area contributed by atoms with Crippen molar-refractivity contribution < 1.29 is 42.9 Å². The van der Waals surface area contributed by atoms with Crippen LogP contribution in [0.3, 0.4) is 0 Å². The zero-order chi connectivity index (χ0) is 71.8. The molecular formula is C90H146NO8+. The summed E-state index contributed by atoms with van der Waals surface area (Å²) in [4.78, 5) is 37.8. The second-order valence-electron chi connectivity index (χ2n) is 26.9. The van der Waals surface area contributed by atoms with E-state index in [1.807, 2.05) is 21.1 Å². The van der Waals surface area contributed by atoms with E-state index in [-0.39, 0.29) is 38.6 Å². The van der Waals surface area contributed by atoms with Gasteiger partial charge in [0.15, 0.2) is 6.10 Å². The number of unbranched alkanes of at least 4 members (excludes halogenated alkanes) is 24. The van der Waals surface area contributed by atoms with Gasteiger partial charge in [-0.25, -0.2) is 4.79 Å². The number of likely N-dealkylation sites (N-methyl/N-ethyl adjacent to an activating group) is 1. The molecule has 0 aromatic carbocycles. The van der Waals surface area contributed by atoms with Gasteiger partial charge in [-0.3, -0.25) is 9.59 Å². The third-order valence-electron chi connectivity index (χ3n) is 16.3. The van der Waals surface area contributed by atoms with Crippen LogP contribution in [0, 0.1) is 0 Å². The lowest BCUT2D eigenvalue weighted by molar-refractivity contribution is -0.870. The van der Waals surface area contributed by atoms with E-state index in [1.54, 1.807) is 0 Å². The highest BCUT2D eigenvalue weighted by Crippen LogP contribution is 2.17. The van der Waals surface area contributed by atoms with Crippen molar-refractivity contribution in [3.63, 3.8) is 0 Å². The van der Waals surface area contributed by atoms with E-state index in [1.165, 1.54) is 109 Å². The first kappa shape index (κ1) is 93.1. The molecule has 0 aliphatic heterocycles. The maximum Gasteiger partial charge on any atom is 0.361 e. The Morgan fingerprint density at radius 2 is 0.545 bits per heavy atom. The van der Waals surface area contributed by atoms with Crippen LogP contribution in [0.15, 0.2) is 194 Å². The number of hydrogen-bond acceptors (Lipinski definition) is 7. The minimum absolute atomic E-state index is 0.179. The van der Waals surface area contributed by atoms with Gasteiger partial charge in [-0.2, -0.15) is 0 Å². The molecule has 1 N–H and O–H groups in total. The molecular weight excluding hydrogens is 1220 g/mol. The van der Waals surface area contributed by atoms with Crippen LogP contribution >= 0.6 is 0 Å². The summed E-state index contributed by atoms with van der Waals surface area (Å²) in [6.07, 6.45) is 117. The molecule has 0 spiro atoms. The molecule has 0 amide bonds. The van der Waals surface area contributed by atoms with Crippen molar-refractivity contribution in [2.75, 3.05) is 47.5 Å². The Morgan fingerprint density at radius 3 is 0.808 bits per heavy atom. The first-order chi connectivity index (χ1) is 48.6. The number of allylic oxidation sites excluding steroid dienone is 32. The largest absolute Gasteiger partial charge is 0.477 e. The van der Waals surface area contributed by atoms with Gasteiger partial charge >= 0.3 is 17.9 Å². The third-order valence-corrected chi connectivity index (χ3v) is 16.3. The number of ether oxygens (including phenoxy) is 4. The number of carboxylic acid groups (broad SMARTS) is 1. The number of carboxylic acids is 1. The lowest BCUT2D eigenvalue weighted by Crippen LogP contribution is -2.40. The van der Waals surface area contributed by atoms with Crippen LogP contribution in [-0.4, -0.2) is 87.4 Å². The fraction of sp³-hybridized carbons (Fsp3) is 0.611. The normalized spacial score (nSPS) is 13.7. The average Bonchev–Trinajstić information content (AvgIpc) is 1.14. The molecule has 2 unspecified atom stereocenters. The Kier molecular flexibility index (Phi) is 73.2. The van der Waals surface area contributed by atoms with Crippen LogP contribution < -0.4 is 0 Å². The lowest BCUT2D eigenvalue weighted by Gasteiger charge is -2.25. The van der Waals surface area contributed by atoms with Crippen molar-refractivity contribution in [1.82, 2.24) is 0 Å². The molecule has 0 aromatic rings. The van der Waals surface area contributed by atoms with Gasteiger partial charge < -0.3 is 28.5 Å². The molecule has 99 heavy (non-hydrogen) atoms. The minimum Gasteiger partial charge on any atom is -0.477 e. The van der Waals surface area contributed by atoms with Crippen molar-refractivity contribution >= 4 is 17.9 Å². The van der Waals surface area contributed by atoms with Crippen LogP contribution in [0.25, 0.3) is 0 Å². The second-order valence-corrected chi connectivity index (χ2v) is 26.9. The third kappa shape index (κ3) is 79.3. The van der Waals surface area contributed by atoms with Crippen LogP contribution in [0.5, 0.6) is 0 Å². The molecule has 9 heteroatoms. The minimum atomic E-state index is -1.52. The highest BCUT2D eigenvalue weighted by atomic mass is 16.7. The molecule has 558 valence electrons. The van der Waals surface area contributed by atoms with Crippen molar-refractivity contribution in [1.29, 1.82) is 0 Å². The predicted octanol–water partition coefficient (Wildman–Crippen LogP) is 25.7. The van der Waals surface area contributed by atoms with Crippen molar-refractivity contribution in [3.05, 3.63) is 194 Å². The fourth-order valence-corrected chi connectivity index (χ4v) is 10.4.